The van der Waals surface area contributed by atoms with E-state index >= 15 is 0 Å². The molecule has 206 valence electrons. The summed E-state index contributed by atoms with van der Waals surface area (Å²) in [7, 11) is 3.14. The number of nitrogens with zero attached hydrogens (tertiary/aromatic N) is 4. The Morgan fingerprint density at radius 3 is 2.46 bits per heavy atom. The van der Waals surface area contributed by atoms with E-state index < -0.39 is 47.4 Å². The lowest BCUT2D eigenvalue weighted by atomic mass is 10.00. The molecule has 39 heavy (non-hydrogen) atoms. The van der Waals surface area contributed by atoms with E-state index in [0.717, 1.165) is 17.2 Å². The summed E-state index contributed by atoms with van der Waals surface area (Å²) in [6, 6.07) is 4.91. The fourth-order valence-corrected chi connectivity index (χ4v) is 5.37. The van der Waals surface area contributed by atoms with Crippen LogP contribution in [0.5, 0.6) is 0 Å². The number of aryl methyl sites for hydroxylation is 2. The summed E-state index contributed by atoms with van der Waals surface area (Å²) >= 11 is 0. The molecule has 1 aliphatic carbocycles. The molecule has 0 saturated heterocycles. The molecule has 0 spiro atoms. The topological polar surface area (TPSA) is 97.0 Å². The zero-order chi connectivity index (χ0) is 28.4. The van der Waals surface area contributed by atoms with Gasteiger partial charge in [0.15, 0.2) is 0 Å². The molecule has 13 heteroatoms. The van der Waals surface area contributed by atoms with Crippen molar-refractivity contribution in [3.63, 3.8) is 0 Å². The summed E-state index contributed by atoms with van der Waals surface area (Å²) in [5, 5.41) is 11.4. The van der Waals surface area contributed by atoms with Gasteiger partial charge in [0.1, 0.15) is 11.4 Å². The van der Waals surface area contributed by atoms with Crippen molar-refractivity contribution in [2.24, 2.45) is 14.1 Å². The number of benzene rings is 2. The average Bonchev–Trinajstić information content (AvgIpc) is 3.37. The number of aliphatic hydroxyl groups is 1. The van der Waals surface area contributed by atoms with Crippen LogP contribution in [-0.4, -0.2) is 44.0 Å². The summed E-state index contributed by atoms with van der Waals surface area (Å²) in [5.41, 5.74) is -0.827. The van der Waals surface area contributed by atoms with E-state index in [1.54, 1.807) is 32.3 Å². The van der Waals surface area contributed by atoms with Crippen molar-refractivity contribution in [2.75, 3.05) is 11.5 Å². The maximum atomic E-state index is 14.4. The van der Waals surface area contributed by atoms with Crippen molar-refractivity contribution in [3.8, 4) is 0 Å². The van der Waals surface area contributed by atoms with Gasteiger partial charge in [0.25, 0.3) is 5.91 Å². The molecule has 5 rings (SSSR count). The van der Waals surface area contributed by atoms with Crippen LogP contribution in [0.4, 0.5) is 23.2 Å². The Morgan fingerprint density at radius 2 is 1.79 bits per heavy atom. The minimum absolute atomic E-state index is 0.0408. The number of hydrogen-bond donors (Lipinski definition) is 1. The number of hydrogen-bond acceptors (Lipinski definition) is 6. The molecule has 1 N–H and O–H groups in total. The van der Waals surface area contributed by atoms with Gasteiger partial charge < -0.3 is 14.7 Å². The first-order chi connectivity index (χ1) is 18.3. The predicted molar refractivity (Wildman–Crippen MR) is 131 cm³/mol. The molecule has 2 aromatic carbocycles. The van der Waals surface area contributed by atoms with Gasteiger partial charge in [-0.15, -0.1) is 0 Å². The monoisotopic (exact) mass is 548 g/mol. The second-order valence-corrected chi connectivity index (χ2v) is 9.38. The smallest absolute Gasteiger partial charge is 0.416 e. The molecule has 1 aliphatic heterocycles. The largest absolute Gasteiger partial charge is 0.462 e. The maximum absolute atomic E-state index is 14.4. The zero-order valence-corrected chi connectivity index (χ0v) is 21.1. The summed E-state index contributed by atoms with van der Waals surface area (Å²) in [5.74, 6) is -3.10. The van der Waals surface area contributed by atoms with E-state index in [-0.39, 0.29) is 42.0 Å². The van der Waals surface area contributed by atoms with E-state index in [9.17, 15) is 37.1 Å². The normalized spacial score (nSPS) is 19.5. The molecule has 2 aliphatic rings. The van der Waals surface area contributed by atoms with E-state index in [4.69, 9.17) is 4.74 Å². The first-order valence-corrected chi connectivity index (χ1v) is 12.1. The molecule has 3 aromatic rings. The summed E-state index contributed by atoms with van der Waals surface area (Å²) in [6.45, 7) is 1.48. The zero-order valence-electron chi connectivity index (χ0n) is 21.1. The highest BCUT2D eigenvalue weighted by molar-refractivity contribution is 6.17. The van der Waals surface area contributed by atoms with Crippen LogP contribution in [0, 0.1) is 5.82 Å². The number of ether oxygens (including phenoxy) is 1. The van der Waals surface area contributed by atoms with E-state index in [1.165, 1.54) is 21.0 Å². The molecule has 0 radical (unpaired) electrons. The van der Waals surface area contributed by atoms with Gasteiger partial charge in [-0.2, -0.15) is 13.2 Å². The molecule has 1 amide bonds. The predicted octanol–water partition coefficient (Wildman–Crippen LogP) is 3.09. The Morgan fingerprint density at radius 1 is 1.10 bits per heavy atom. The summed E-state index contributed by atoms with van der Waals surface area (Å²) in [6.07, 6.45) is -5.66. The molecule has 0 saturated carbocycles. The first kappa shape index (κ1) is 26.5. The third kappa shape index (κ3) is 4.17. The number of aliphatic hydroxyl groups excluding tert-OH is 1. The standard InChI is InChI=1S/C26H24F4N4O5/c1-4-39-23(36)17-12-33(14-5-7-20-21(11-14)32(3)24(37)31(20)2)25(38)34(22(17)35)19-8-6-15-16(19)9-13(27)10-18(15)26(28,29)30/h5,7,9-12,19,25,38H,4,6,8H2,1-3H3. The molecule has 2 atom stereocenters. The molecular weight excluding hydrogens is 524 g/mol. The van der Waals surface area contributed by atoms with Crippen LogP contribution in [-0.2, 0) is 41.0 Å². The van der Waals surface area contributed by atoms with E-state index in [1.807, 2.05) is 0 Å². The Bertz CT molecular complexity index is 1610. The van der Waals surface area contributed by atoms with Gasteiger partial charge in [0, 0.05) is 26.0 Å². The Hall–Kier alpha value is -4.13. The van der Waals surface area contributed by atoms with Crippen LogP contribution in [0.2, 0.25) is 0 Å². The number of carbonyl (C=O) groups is 2. The van der Waals surface area contributed by atoms with Gasteiger partial charge >= 0.3 is 17.8 Å². The van der Waals surface area contributed by atoms with Crippen molar-refractivity contribution >= 4 is 28.6 Å². The third-order valence-electron chi connectivity index (χ3n) is 7.20. The Labute approximate surface area is 219 Å². The van der Waals surface area contributed by atoms with Gasteiger partial charge in [-0.1, -0.05) is 0 Å². The Kier molecular flexibility index (Phi) is 6.29. The molecule has 2 unspecified atom stereocenters. The van der Waals surface area contributed by atoms with Gasteiger partial charge in [-0.3, -0.25) is 18.8 Å². The summed E-state index contributed by atoms with van der Waals surface area (Å²) in [4.78, 5) is 40.7. The summed E-state index contributed by atoms with van der Waals surface area (Å²) < 4.78 is 63.2. The fourth-order valence-electron chi connectivity index (χ4n) is 5.37. The van der Waals surface area contributed by atoms with Crippen molar-refractivity contribution in [2.45, 2.75) is 38.3 Å². The minimum Gasteiger partial charge on any atom is -0.462 e. The van der Waals surface area contributed by atoms with Crippen LogP contribution in [0.3, 0.4) is 0 Å². The number of carbonyl (C=O) groups excluding carboxylic acids is 2. The molecule has 9 nitrogen and oxygen atoms in total. The van der Waals surface area contributed by atoms with Crippen molar-refractivity contribution in [3.05, 3.63) is 75.1 Å². The molecule has 2 heterocycles. The first-order valence-electron chi connectivity index (χ1n) is 12.1. The minimum atomic E-state index is -4.82. The van der Waals surface area contributed by atoms with E-state index in [2.05, 4.69) is 0 Å². The third-order valence-corrected chi connectivity index (χ3v) is 7.20. The molecular formula is C26H24F4N4O5. The van der Waals surface area contributed by atoms with Crippen LogP contribution < -0.4 is 10.6 Å². The number of imidazole rings is 1. The van der Waals surface area contributed by atoms with Crippen molar-refractivity contribution in [1.29, 1.82) is 0 Å². The molecule has 0 bridgehead atoms. The number of anilines is 1. The van der Waals surface area contributed by atoms with Gasteiger partial charge in [0.05, 0.1) is 29.2 Å². The van der Waals surface area contributed by atoms with E-state index in [0.29, 0.717) is 17.1 Å². The lowest BCUT2D eigenvalue weighted by Crippen LogP contribution is -2.55. The van der Waals surface area contributed by atoms with Crippen LogP contribution >= 0.6 is 0 Å². The average molecular weight is 548 g/mol. The molecule has 0 fully saturated rings. The van der Waals surface area contributed by atoms with Gasteiger partial charge in [-0.05, 0) is 61.2 Å². The van der Waals surface area contributed by atoms with Crippen molar-refractivity contribution < 1.29 is 37.0 Å². The highest BCUT2D eigenvalue weighted by Crippen LogP contribution is 2.45. The maximum Gasteiger partial charge on any atom is 0.416 e. The number of rotatable bonds is 4. The highest BCUT2D eigenvalue weighted by Gasteiger charge is 2.46. The Balaban J connectivity index is 1.65. The quantitative estimate of drug-likeness (QED) is 0.306. The highest BCUT2D eigenvalue weighted by atomic mass is 19.4. The SMILES string of the molecule is CCOC(=O)C1=CN(c2ccc3c(c2)n(C)c(=O)n3C)C(O)N(C2CCc3c2cc(F)cc3C(F)(F)F)C1=O. The number of amides is 1. The van der Waals surface area contributed by atoms with Crippen LogP contribution in [0.15, 0.2) is 46.9 Å². The van der Waals surface area contributed by atoms with Gasteiger partial charge in [0.2, 0.25) is 6.35 Å². The lowest BCUT2D eigenvalue weighted by molar-refractivity contribution is -0.149. The second-order valence-electron chi connectivity index (χ2n) is 9.38. The van der Waals surface area contributed by atoms with Crippen LogP contribution in [0.25, 0.3) is 11.0 Å². The number of aromatic nitrogens is 2. The second kappa shape index (κ2) is 9.26. The van der Waals surface area contributed by atoms with Gasteiger partial charge in [-0.25, -0.2) is 14.0 Å². The number of halogens is 4. The van der Waals surface area contributed by atoms with Crippen molar-refractivity contribution in [1.82, 2.24) is 14.0 Å². The van der Waals surface area contributed by atoms with Crippen LogP contribution in [0.1, 0.15) is 36.1 Å². The fraction of sp³-hybridized carbons (Fsp3) is 0.346. The molecule has 1 aromatic heterocycles. The number of fused-ring (bicyclic) bond motifs is 2. The lowest BCUT2D eigenvalue weighted by Gasteiger charge is -2.42. The number of alkyl halides is 3. The number of esters is 1.